The first-order valence-corrected chi connectivity index (χ1v) is 13.8. The van der Waals surface area contributed by atoms with Crippen molar-refractivity contribution in [1.82, 2.24) is 30.3 Å². The fourth-order valence-electron chi connectivity index (χ4n) is 5.12. The van der Waals surface area contributed by atoms with Crippen LogP contribution in [0.2, 0.25) is 0 Å². The largest absolute Gasteiger partial charge is 0.493 e. The second-order valence-electron chi connectivity index (χ2n) is 9.15. The Morgan fingerprint density at radius 3 is 2.46 bits per heavy atom. The standard InChI is InChI=1S/C23H38N6O4S.ClH/c1-5-8-20-24-16(4)21-23(30)25-22(26-29(20)21)18-15-17(9-10-19(18)33-7-3)34(31,32)28-13-11-27(6-2)12-14-28;/h9-10,15-16,20-22,24,26H,5-8,11-14H2,1-4H3,(H,25,30);1H. The monoisotopic (exact) mass is 530 g/mol. The summed E-state index contributed by atoms with van der Waals surface area (Å²) in [4.78, 5) is 15.5. The summed E-state index contributed by atoms with van der Waals surface area (Å²) in [5.74, 6) is 0.467. The number of hydrazine groups is 1. The number of hydrogen-bond acceptors (Lipinski definition) is 8. The maximum Gasteiger partial charge on any atom is 0.243 e. The van der Waals surface area contributed by atoms with Crippen LogP contribution >= 0.6 is 12.4 Å². The molecular formula is C23H39ClN6O4S. The van der Waals surface area contributed by atoms with Gasteiger partial charge in [0.15, 0.2) is 0 Å². The van der Waals surface area contributed by atoms with Crippen LogP contribution in [0.5, 0.6) is 5.75 Å². The van der Waals surface area contributed by atoms with Crippen LogP contribution in [0.1, 0.15) is 52.3 Å². The molecule has 3 saturated heterocycles. The highest BCUT2D eigenvalue weighted by molar-refractivity contribution is 7.89. The summed E-state index contributed by atoms with van der Waals surface area (Å²) in [6.07, 6.45) is 1.30. The Hall–Kier alpha value is -1.47. The Kier molecular flexibility index (Phi) is 9.41. The third-order valence-electron chi connectivity index (χ3n) is 6.97. The highest BCUT2D eigenvalue weighted by Gasteiger charge is 2.47. The van der Waals surface area contributed by atoms with Crippen molar-refractivity contribution >= 4 is 28.3 Å². The third-order valence-corrected chi connectivity index (χ3v) is 8.86. The number of carbonyl (C=O) groups excluding carboxylic acids is 1. The Labute approximate surface area is 215 Å². The average molecular weight is 531 g/mol. The predicted octanol–water partition coefficient (Wildman–Crippen LogP) is 1.25. The summed E-state index contributed by atoms with van der Waals surface area (Å²) in [5.41, 5.74) is 4.05. The lowest BCUT2D eigenvalue weighted by Gasteiger charge is -2.39. The number of ether oxygens (including phenoxy) is 1. The molecule has 0 bridgehead atoms. The number of benzene rings is 1. The predicted molar refractivity (Wildman–Crippen MR) is 137 cm³/mol. The molecule has 4 atom stereocenters. The number of fused-ring (bicyclic) bond motifs is 1. The van der Waals surface area contributed by atoms with Crippen LogP contribution in [0.3, 0.4) is 0 Å². The highest BCUT2D eigenvalue weighted by atomic mass is 35.5. The molecule has 4 rings (SSSR count). The Morgan fingerprint density at radius 1 is 1.11 bits per heavy atom. The van der Waals surface area contributed by atoms with Crippen LogP contribution in [0.15, 0.2) is 23.1 Å². The van der Waals surface area contributed by atoms with Gasteiger partial charge in [0.25, 0.3) is 0 Å². The Bertz CT molecular complexity index is 988. The highest BCUT2D eigenvalue weighted by Crippen LogP contribution is 2.32. The number of nitrogens with zero attached hydrogens (tertiary/aromatic N) is 3. The number of carbonyl (C=O) groups is 1. The van der Waals surface area contributed by atoms with Crippen molar-refractivity contribution in [2.75, 3.05) is 39.3 Å². The Balaban J connectivity index is 0.00000342. The summed E-state index contributed by atoms with van der Waals surface area (Å²) >= 11 is 0. The van der Waals surface area contributed by atoms with E-state index in [4.69, 9.17) is 4.74 Å². The van der Waals surface area contributed by atoms with Crippen molar-refractivity contribution in [2.45, 2.75) is 69.8 Å². The van der Waals surface area contributed by atoms with Gasteiger partial charge in [-0.3, -0.25) is 10.1 Å². The summed E-state index contributed by atoms with van der Waals surface area (Å²) in [5, 5.41) is 8.52. The van der Waals surface area contributed by atoms with E-state index < -0.39 is 16.2 Å². The Morgan fingerprint density at radius 2 is 1.83 bits per heavy atom. The molecule has 4 unspecified atom stereocenters. The van der Waals surface area contributed by atoms with Crippen LogP contribution in [-0.2, 0) is 14.8 Å². The molecule has 1 aromatic rings. The second-order valence-corrected chi connectivity index (χ2v) is 11.1. The van der Waals surface area contributed by atoms with Crippen molar-refractivity contribution in [3.8, 4) is 5.75 Å². The summed E-state index contributed by atoms with van der Waals surface area (Å²) < 4.78 is 34.3. The lowest BCUT2D eigenvalue weighted by Crippen LogP contribution is -2.64. The van der Waals surface area contributed by atoms with E-state index in [1.165, 1.54) is 0 Å². The zero-order valence-electron chi connectivity index (χ0n) is 21.0. The summed E-state index contributed by atoms with van der Waals surface area (Å²) in [7, 11) is -3.66. The van der Waals surface area contributed by atoms with Gasteiger partial charge in [0.2, 0.25) is 15.9 Å². The number of piperazine rings is 1. The van der Waals surface area contributed by atoms with Gasteiger partial charge in [0.1, 0.15) is 18.0 Å². The minimum Gasteiger partial charge on any atom is -0.493 e. The molecule has 198 valence electrons. The molecule has 10 nitrogen and oxygen atoms in total. The smallest absolute Gasteiger partial charge is 0.243 e. The molecule has 0 aromatic heterocycles. The molecule has 12 heteroatoms. The zero-order valence-corrected chi connectivity index (χ0v) is 22.6. The maximum atomic E-state index is 13.5. The fraction of sp³-hybridized carbons (Fsp3) is 0.696. The molecular weight excluding hydrogens is 492 g/mol. The van der Waals surface area contributed by atoms with E-state index in [2.05, 4.69) is 34.8 Å². The van der Waals surface area contributed by atoms with Crippen molar-refractivity contribution < 1.29 is 17.9 Å². The fourth-order valence-corrected chi connectivity index (χ4v) is 6.58. The molecule has 3 heterocycles. The van der Waals surface area contributed by atoms with Gasteiger partial charge in [0.05, 0.1) is 17.7 Å². The number of likely N-dealkylation sites (N-methyl/N-ethyl adjacent to an activating group) is 1. The number of hydrogen-bond donors (Lipinski definition) is 3. The van der Waals surface area contributed by atoms with Gasteiger partial charge in [-0.25, -0.2) is 18.9 Å². The molecule has 3 fully saturated rings. The molecule has 3 aliphatic heterocycles. The average Bonchev–Trinajstić information content (AvgIpc) is 3.15. The van der Waals surface area contributed by atoms with Crippen LogP contribution in [0, 0.1) is 0 Å². The first-order chi connectivity index (χ1) is 16.3. The van der Waals surface area contributed by atoms with Gasteiger partial charge in [0, 0.05) is 37.8 Å². The van der Waals surface area contributed by atoms with Gasteiger partial charge in [-0.05, 0) is 45.0 Å². The van der Waals surface area contributed by atoms with Crippen molar-refractivity contribution in [3.05, 3.63) is 23.8 Å². The van der Waals surface area contributed by atoms with E-state index in [1.54, 1.807) is 22.5 Å². The first kappa shape index (κ1) is 28.1. The number of amides is 1. The van der Waals surface area contributed by atoms with E-state index in [0.29, 0.717) is 31.0 Å². The van der Waals surface area contributed by atoms with E-state index in [9.17, 15) is 13.2 Å². The number of sulfonamides is 1. The van der Waals surface area contributed by atoms with E-state index in [1.807, 2.05) is 18.9 Å². The number of rotatable bonds is 8. The molecule has 0 radical (unpaired) electrons. The van der Waals surface area contributed by atoms with Gasteiger partial charge >= 0.3 is 0 Å². The number of halogens is 1. The SMILES string of the molecule is CCCC1NC(C)C2C(=O)NC(c3cc(S(=O)(=O)N4CCN(CC)CC4)ccc3OCC)NN12.Cl. The van der Waals surface area contributed by atoms with Crippen molar-refractivity contribution in [2.24, 2.45) is 0 Å². The van der Waals surface area contributed by atoms with Crippen molar-refractivity contribution in [1.29, 1.82) is 0 Å². The lowest BCUT2D eigenvalue weighted by atomic mass is 10.1. The van der Waals surface area contributed by atoms with Gasteiger partial charge in [-0.15, -0.1) is 12.4 Å². The molecule has 0 saturated carbocycles. The molecule has 3 N–H and O–H groups in total. The van der Waals surface area contributed by atoms with E-state index >= 15 is 0 Å². The lowest BCUT2D eigenvalue weighted by molar-refractivity contribution is -0.134. The van der Waals surface area contributed by atoms with Gasteiger partial charge in [-0.1, -0.05) is 20.3 Å². The van der Waals surface area contributed by atoms with Crippen LogP contribution in [-0.4, -0.2) is 86.1 Å². The number of nitrogens with one attached hydrogen (secondary N) is 3. The quantitative estimate of drug-likeness (QED) is 0.461. The first-order valence-electron chi connectivity index (χ1n) is 12.4. The van der Waals surface area contributed by atoms with E-state index in [-0.39, 0.29) is 41.5 Å². The minimum atomic E-state index is -3.66. The second kappa shape index (κ2) is 11.7. The topological polar surface area (TPSA) is 106 Å². The van der Waals surface area contributed by atoms with Gasteiger partial charge in [-0.2, -0.15) is 4.31 Å². The van der Waals surface area contributed by atoms with Gasteiger partial charge < -0.3 is 15.0 Å². The third kappa shape index (κ3) is 5.61. The zero-order chi connectivity index (χ0) is 24.5. The molecule has 0 spiro atoms. The summed E-state index contributed by atoms with van der Waals surface area (Å²) in [6, 6.07) is 4.62. The molecule has 0 aliphatic carbocycles. The minimum absolute atomic E-state index is 0. The normalized spacial score (nSPS) is 28.3. The maximum absolute atomic E-state index is 13.5. The van der Waals surface area contributed by atoms with Crippen LogP contribution < -0.4 is 20.8 Å². The summed E-state index contributed by atoms with van der Waals surface area (Å²) in [6.45, 7) is 11.8. The van der Waals surface area contributed by atoms with Crippen LogP contribution in [0.25, 0.3) is 0 Å². The van der Waals surface area contributed by atoms with Crippen molar-refractivity contribution in [3.63, 3.8) is 0 Å². The molecule has 35 heavy (non-hydrogen) atoms. The molecule has 1 aromatic carbocycles. The van der Waals surface area contributed by atoms with E-state index in [0.717, 1.165) is 32.5 Å². The molecule has 3 aliphatic rings. The molecule has 1 amide bonds. The van der Waals surface area contributed by atoms with Crippen LogP contribution in [0.4, 0.5) is 0 Å².